The van der Waals surface area contributed by atoms with Crippen molar-refractivity contribution in [2.24, 2.45) is 0 Å². The van der Waals surface area contributed by atoms with E-state index in [2.05, 4.69) is 10.6 Å². The van der Waals surface area contributed by atoms with Crippen LogP contribution in [0.4, 0.5) is 0 Å². The van der Waals surface area contributed by atoms with Gasteiger partial charge in [0.15, 0.2) is 0 Å². The van der Waals surface area contributed by atoms with Gasteiger partial charge in [0.05, 0.1) is 12.1 Å². The van der Waals surface area contributed by atoms with Crippen LogP contribution in [0.3, 0.4) is 0 Å². The monoisotopic (exact) mass is 170 g/mol. The van der Waals surface area contributed by atoms with Crippen molar-refractivity contribution in [1.82, 2.24) is 10.6 Å². The van der Waals surface area contributed by atoms with E-state index in [9.17, 15) is 4.79 Å². The second-order valence-electron chi connectivity index (χ2n) is 3.63. The average molecular weight is 170 g/mol. The van der Waals surface area contributed by atoms with E-state index in [1.165, 1.54) is 0 Å². The number of rotatable bonds is 2. The van der Waals surface area contributed by atoms with E-state index in [-0.39, 0.29) is 18.1 Å². The summed E-state index contributed by atoms with van der Waals surface area (Å²) < 4.78 is 0. The maximum atomic E-state index is 11.4. The molecule has 0 radical (unpaired) electrons. The van der Waals surface area contributed by atoms with Crippen molar-refractivity contribution in [3.05, 3.63) is 0 Å². The summed E-state index contributed by atoms with van der Waals surface area (Å²) in [7, 11) is 0. The van der Waals surface area contributed by atoms with Crippen LogP contribution in [0.25, 0.3) is 0 Å². The van der Waals surface area contributed by atoms with Crippen LogP contribution in [0, 0.1) is 0 Å². The molecular formula is C8H14N2O2. The number of aliphatic hydroxyl groups excluding tert-OH is 1. The van der Waals surface area contributed by atoms with Crippen LogP contribution >= 0.6 is 0 Å². The summed E-state index contributed by atoms with van der Waals surface area (Å²) in [6, 6.07) is 0.248. The smallest absolute Gasteiger partial charge is 0.237 e. The van der Waals surface area contributed by atoms with E-state index in [1.807, 2.05) is 0 Å². The fraction of sp³-hybridized carbons (Fsp3) is 0.875. The van der Waals surface area contributed by atoms with Gasteiger partial charge in [0.2, 0.25) is 5.91 Å². The quantitative estimate of drug-likeness (QED) is 0.497. The Labute approximate surface area is 71.3 Å². The van der Waals surface area contributed by atoms with Gasteiger partial charge in [-0.05, 0) is 19.3 Å². The first-order chi connectivity index (χ1) is 5.75. The Morgan fingerprint density at radius 1 is 1.50 bits per heavy atom. The van der Waals surface area contributed by atoms with Crippen molar-refractivity contribution in [3.63, 3.8) is 0 Å². The molecule has 0 aromatic rings. The topological polar surface area (TPSA) is 61.4 Å². The molecule has 4 nitrogen and oxygen atoms in total. The van der Waals surface area contributed by atoms with Gasteiger partial charge in [-0.3, -0.25) is 4.79 Å². The lowest BCUT2D eigenvalue weighted by atomic mass is 10.2. The van der Waals surface area contributed by atoms with Gasteiger partial charge in [0.1, 0.15) is 0 Å². The van der Waals surface area contributed by atoms with Gasteiger partial charge in [-0.1, -0.05) is 0 Å². The second kappa shape index (κ2) is 3.03. The van der Waals surface area contributed by atoms with Crippen molar-refractivity contribution in [2.75, 3.05) is 6.54 Å². The predicted molar refractivity (Wildman–Crippen MR) is 43.6 cm³/mol. The fourth-order valence-corrected chi connectivity index (χ4v) is 1.45. The summed E-state index contributed by atoms with van der Waals surface area (Å²) in [5.74, 6) is 0.0500. The Kier molecular flexibility index (Phi) is 2.02. The molecule has 0 spiro atoms. The van der Waals surface area contributed by atoms with Crippen LogP contribution < -0.4 is 10.6 Å². The molecule has 2 atom stereocenters. The van der Waals surface area contributed by atoms with Crippen LogP contribution in [-0.4, -0.2) is 35.7 Å². The minimum Gasteiger partial charge on any atom is -0.392 e. The van der Waals surface area contributed by atoms with Crippen LogP contribution in [0.5, 0.6) is 0 Å². The Hall–Kier alpha value is -0.610. The number of β-amino-alcohol motifs (C(OH)–C–C–N with tert-alkyl or cyclic N) is 1. The molecule has 1 saturated heterocycles. The molecule has 1 heterocycles. The van der Waals surface area contributed by atoms with Crippen LogP contribution in [0.15, 0.2) is 0 Å². The lowest BCUT2D eigenvalue weighted by Crippen LogP contribution is -2.41. The summed E-state index contributed by atoms with van der Waals surface area (Å²) in [4.78, 5) is 11.4. The van der Waals surface area contributed by atoms with Crippen molar-refractivity contribution < 1.29 is 9.90 Å². The van der Waals surface area contributed by atoms with Gasteiger partial charge in [-0.2, -0.15) is 0 Å². The third-order valence-electron chi connectivity index (χ3n) is 2.35. The third-order valence-corrected chi connectivity index (χ3v) is 2.35. The Bertz CT molecular complexity index is 191. The fourth-order valence-electron chi connectivity index (χ4n) is 1.45. The highest BCUT2D eigenvalue weighted by Gasteiger charge is 2.31. The molecule has 1 aliphatic carbocycles. The maximum absolute atomic E-state index is 11.4. The molecule has 2 fully saturated rings. The minimum absolute atomic E-state index is 0.0500. The number of amides is 1. The first-order valence-corrected chi connectivity index (χ1v) is 4.47. The third kappa shape index (κ3) is 1.76. The van der Waals surface area contributed by atoms with Crippen molar-refractivity contribution in [1.29, 1.82) is 0 Å². The summed E-state index contributed by atoms with van der Waals surface area (Å²) in [5, 5.41) is 15.0. The summed E-state index contributed by atoms with van der Waals surface area (Å²) in [5.41, 5.74) is 0. The first-order valence-electron chi connectivity index (χ1n) is 4.47. The molecule has 0 unspecified atom stereocenters. The Balaban J connectivity index is 1.79. The molecule has 0 aromatic carbocycles. The molecule has 1 aliphatic heterocycles. The van der Waals surface area contributed by atoms with Crippen LogP contribution in [0.2, 0.25) is 0 Å². The summed E-state index contributed by atoms with van der Waals surface area (Å²) in [6.07, 6.45) is 2.43. The number of carbonyl (C=O) groups excluding carboxylic acids is 1. The van der Waals surface area contributed by atoms with Gasteiger partial charge in [0, 0.05) is 12.6 Å². The Morgan fingerprint density at radius 2 is 2.25 bits per heavy atom. The SMILES string of the molecule is O=C(NC1CC1)[C@@H]1C[C@@H](O)CN1. The Morgan fingerprint density at radius 3 is 2.75 bits per heavy atom. The molecule has 3 N–H and O–H groups in total. The van der Waals surface area contributed by atoms with E-state index in [0.717, 1.165) is 12.8 Å². The van der Waals surface area contributed by atoms with Crippen molar-refractivity contribution in [3.8, 4) is 0 Å². The zero-order chi connectivity index (χ0) is 8.55. The number of carbonyl (C=O) groups is 1. The summed E-state index contributed by atoms with van der Waals surface area (Å²) in [6.45, 7) is 0.544. The lowest BCUT2D eigenvalue weighted by molar-refractivity contribution is -0.123. The molecule has 68 valence electrons. The van der Waals surface area contributed by atoms with Crippen molar-refractivity contribution >= 4 is 5.91 Å². The molecule has 4 heteroatoms. The molecule has 0 aromatic heterocycles. The average Bonchev–Trinajstić information content (AvgIpc) is 2.72. The van der Waals surface area contributed by atoms with Gasteiger partial charge in [-0.25, -0.2) is 0 Å². The van der Waals surface area contributed by atoms with E-state index in [1.54, 1.807) is 0 Å². The zero-order valence-electron chi connectivity index (χ0n) is 6.92. The molecule has 1 amide bonds. The predicted octanol–water partition coefficient (Wildman–Crippen LogP) is -1.01. The number of nitrogens with one attached hydrogen (secondary N) is 2. The lowest BCUT2D eigenvalue weighted by Gasteiger charge is -2.09. The zero-order valence-corrected chi connectivity index (χ0v) is 6.92. The highest BCUT2D eigenvalue weighted by atomic mass is 16.3. The van der Waals surface area contributed by atoms with Crippen molar-refractivity contribution in [2.45, 2.75) is 37.5 Å². The minimum atomic E-state index is -0.347. The number of hydrogen-bond acceptors (Lipinski definition) is 3. The summed E-state index contributed by atoms with van der Waals surface area (Å²) >= 11 is 0. The van der Waals surface area contributed by atoms with E-state index >= 15 is 0 Å². The van der Waals surface area contributed by atoms with Gasteiger partial charge < -0.3 is 15.7 Å². The standard InChI is InChI=1S/C8H14N2O2/c11-6-3-7(9-4-6)8(12)10-5-1-2-5/h5-7,9,11H,1-4H2,(H,10,12)/t6-,7+/m1/s1. The maximum Gasteiger partial charge on any atom is 0.237 e. The first kappa shape index (κ1) is 8.01. The van der Waals surface area contributed by atoms with Gasteiger partial charge >= 0.3 is 0 Å². The molecular weight excluding hydrogens is 156 g/mol. The largest absolute Gasteiger partial charge is 0.392 e. The molecule has 2 aliphatic rings. The normalized spacial score (nSPS) is 35.1. The van der Waals surface area contributed by atoms with E-state index < -0.39 is 0 Å². The van der Waals surface area contributed by atoms with Gasteiger partial charge in [0.25, 0.3) is 0 Å². The van der Waals surface area contributed by atoms with E-state index in [0.29, 0.717) is 19.0 Å². The molecule has 12 heavy (non-hydrogen) atoms. The highest BCUT2D eigenvalue weighted by molar-refractivity contribution is 5.82. The highest BCUT2D eigenvalue weighted by Crippen LogP contribution is 2.19. The molecule has 2 rings (SSSR count). The molecule has 0 bridgehead atoms. The van der Waals surface area contributed by atoms with E-state index in [4.69, 9.17) is 5.11 Å². The van der Waals surface area contributed by atoms with Crippen LogP contribution in [0.1, 0.15) is 19.3 Å². The van der Waals surface area contributed by atoms with Crippen LogP contribution in [-0.2, 0) is 4.79 Å². The number of aliphatic hydroxyl groups is 1. The molecule has 1 saturated carbocycles. The van der Waals surface area contributed by atoms with Gasteiger partial charge in [-0.15, -0.1) is 0 Å². The number of hydrogen-bond donors (Lipinski definition) is 3. The second-order valence-corrected chi connectivity index (χ2v) is 3.63.